The van der Waals surface area contributed by atoms with E-state index < -0.39 is 5.60 Å². The summed E-state index contributed by atoms with van der Waals surface area (Å²) in [5.41, 5.74) is 2.22. The Morgan fingerprint density at radius 2 is 1.85 bits per heavy atom. The minimum atomic E-state index is -0.508. The van der Waals surface area contributed by atoms with Crippen LogP contribution in [0.3, 0.4) is 0 Å². The summed E-state index contributed by atoms with van der Waals surface area (Å²) in [5, 5.41) is 10.1. The van der Waals surface area contributed by atoms with E-state index in [9.17, 15) is 14.4 Å². The van der Waals surface area contributed by atoms with Crippen LogP contribution in [-0.2, 0) is 4.74 Å². The van der Waals surface area contributed by atoms with Crippen molar-refractivity contribution in [2.45, 2.75) is 64.0 Å². The number of nitrogens with one attached hydrogen (secondary N) is 3. The van der Waals surface area contributed by atoms with Gasteiger partial charge in [0.1, 0.15) is 5.60 Å². The zero-order valence-electron chi connectivity index (χ0n) is 19.7. The van der Waals surface area contributed by atoms with Gasteiger partial charge in [-0.25, -0.2) is 9.59 Å². The third kappa shape index (κ3) is 4.57. The second kappa shape index (κ2) is 8.34. The van der Waals surface area contributed by atoms with E-state index in [0.29, 0.717) is 30.0 Å². The number of aromatic nitrogens is 4. The first kappa shape index (κ1) is 22.2. The number of carbonyl (C=O) groups is 2. The maximum atomic E-state index is 12.8. The second-order valence-corrected chi connectivity index (χ2v) is 10.2. The van der Waals surface area contributed by atoms with Crippen LogP contribution < -0.4 is 11.0 Å². The third-order valence-corrected chi connectivity index (χ3v) is 6.32. The van der Waals surface area contributed by atoms with Crippen molar-refractivity contribution in [3.8, 4) is 0 Å². The largest absolute Gasteiger partial charge is 0.444 e. The van der Waals surface area contributed by atoms with Crippen molar-refractivity contribution in [2.75, 3.05) is 18.4 Å². The van der Waals surface area contributed by atoms with E-state index >= 15 is 0 Å². The number of carbonyl (C=O) groups excluding carboxylic acids is 2. The average molecular weight is 467 g/mol. The number of nitrogens with zero attached hydrogens (tertiary/aromatic N) is 3. The van der Waals surface area contributed by atoms with Gasteiger partial charge >= 0.3 is 11.8 Å². The maximum Gasteiger partial charge on any atom is 0.410 e. The van der Waals surface area contributed by atoms with Gasteiger partial charge in [0.25, 0.3) is 5.91 Å². The SMILES string of the molecule is CC(C)(C)OC(=O)N1CCC(c2cc(NC(=O)c3ccc4c(c3)[nH]c(=O)n4C3CC3)n[nH]2)CC1. The second-order valence-electron chi connectivity index (χ2n) is 10.2. The molecule has 1 saturated carbocycles. The van der Waals surface area contributed by atoms with Crippen LogP contribution in [0.4, 0.5) is 10.6 Å². The van der Waals surface area contributed by atoms with Gasteiger partial charge < -0.3 is 19.9 Å². The zero-order valence-corrected chi connectivity index (χ0v) is 19.7. The molecule has 2 amide bonds. The van der Waals surface area contributed by atoms with Gasteiger partial charge in [-0.2, -0.15) is 5.10 Å². The van der Waals surface area contributed by atoms with E-state index in [-0.39, 0.29) is 29.6 Å². The molecule has 34 heavy (non-hydrogen) atoms. The zero-order chi connectivity index (χ0) is 24.0. The van der Waals surface area contributed by atoms with Crippen molar-refractivity contribution >= 4 is 28.9 Å². The van der Waals surface area contributed by atoms with Gasteiger partial charge in [0, 0.05) is 42.4 Å². The smallest absolute Gasteiger partial charge is 0.410 e. The number of ether oxygens (including phenoxy) is 1. The number of amides is 2. The number of aromatic amines is 2. The highest BCUT2D eigenvalue weighted by Crippen LogP contribution is 2.35. The fourth-order valence-electron chi connectivity index (χ4n) is 4.47. The molecule has 3 N–H and O–H groups in total. The topological polar surface area (TPSA) is 125 Å². The van der Waals surface area contributed by atoms with E-state index in [1.165, 1.54) is 0 Å². The molecule has 1 saturated heterocycles. The Labute approximate surface area is 196 Å². The Morgan fingerprint density at radius 3 is 2.53 bits per heavy atom. The van der Waals surface area contributed by atoms with Crippen LogP contribution in [0.1, 0.15) is 74.5 Å². The molecule has 0 atom stereocenters. The quantitative estimate of drug-likeness (QED) is 0.540. The van der Waals surface area contributed by atoms with Crippen molar-refractivity contribution in [1.82, 2.24) is 24.6 Å². The normalized spacial score (nSPS) is 17.2. The molecule has 0 bridgehead atoms. The molecule has 2 aliphatic rings. The lowest BCUT2D eigenvalue weighted by molar-refractivity contribution is 0.0204. The maximum absolute atomic E-state index is 12.8. The number of rotatable bonds is 4. The standard InChI is InChI=1S/C24H30N6O4/c1-24(2,3)34-23(33)29-10-8-14(9-11-29)17-13-20(28-27-17)26-21(31)15-4-7-19-18(12-15)25-22(32)30(19)16-5-6-16/h4,7,12-14,16H,5-6,8-11H2,1-3H3,(H,25,32)(H2,26,27,28,31). The molecule has 0 spiro atoms. The first-order valence-corrected chi connectivity index (χ1v) is 11.8. The molecule has 1 aromatic carbocycles. The monoisotopic (exact) mass is 466 g/mol. The van der Waals surface area contributed by atoms with Crippen LogP contribution >= 0.6 is 0 Å². The van der Waals surface area contributed by atoms with Crippen molar-refractivity contribution < 1.29 is 14.3 Å². The molecule has 180 valence electrons. The lowest BCUT2D eigenvalue weighted by Crippen LogP contribution is -2.41. The van der Waals surface area contributed by atoms with Gasteiger partial charge in [-0.1, -0.05) is 0 Å². The summed E-state index contributed by atoms with van der Waals surface area (Å²) in [6, 6.07) is 7.35. The number of piperidine rings is 1. The average Bonchev–Trinajstić information content (AvgIpc) is 3.40. The summed E-state index contributed by atoms with van der Waals surface area (Å²) >= 11 is 0. The highest BCUT2D eigenvalue weighted by atomic mass is 16.6. The Hall–Kier alpha value is -3.56. The molecule has 5 rings (SSSR count). The number of likely N-dealkylation sites (tertiary alicyclic amines) is 1. The summed E-state index contributed by atoms with van der Waals surface area (Å²) in [7, 11) is 0. The van der Waals surface area contributed by atoms with E-state index in [1.807, 2.05) is 32.9 Å². The van der Waals surface area contributed by atoms with E-state index in [0.717, 1.165) is 36.9 Å². The summed E-state index contributed by atoms with van der Waals surface area (Å²) in [5.74, 6) is 0.374. The number of imidazole rings is 1. The number of hydrogen-bond acceptors (Lipinski definition) is 5. The first-order chi connectivity index (χ1) is 16.2. The van der Waals surface area contributed by atoms with Crippen LogP contribution in [-0.4, -0.2) is 55.3 Å². The minimum absolute atomic E-state index is 0.135. The molecule has 1 aliphatic carbocycles. The van der Waals surface area contributed by atoms with Gasteiger partial charge in [-0.05, 0) is 64.7 Å². The molecule has 1 aliphatic heterocycles. The highest BCUT2D eigenvalue weighted by molar-refractivity contribution is 6.05. The van der Waals surface area contributed by atoms with Crippen LogP contribution in [0.25, 0.3) is 11.0 Å². The Balaban J connectivity index is 1.21. The van der Waals surface area contributed by atoms with Crippen LogP contribution in [0.15, 0.2) is 29.1 Å². The van der Waals surface area contributed by atoms with E-state index in [1.54, 1.807) is 21.6 Å². The Kier molecular flexibility index (Phi) is 5.45. The molecular weight excluding hydrogens is 436 g/mol. The predicted molar refractivity (Wildman–Crippen MR) is 127 cm³/mol. The summed E-state index contributed by atoms with van der Waals surface area (Å²) in [6.07, 6.45) is 3.32. The molecule has 3 heterocycles. The van der Waals surface area contributed by atoms with Crippen molar-refractivity contribution in [1.29, 1.82) is 0 Å². The fourth-order valence-corrected chi connectivity index (χ4v) is 4.47. The van der Waals surface area contributed by atoms with Gasteiger partial charge in [0.15, 0.2) is 5.82 Å². The van der Waals surface area contributed by atoms with Crippen molar-refractivity contribution in [3.63, 3.8) is 0 Å². The van der Waals surface area contributed by atoms with Crippen LogP contribution in [0.5, 0.6) is 0 Å². The molecule has 3 aromatic rings. The summed E-state index contributed by atoms with van der Waals surface area (Å²) in [6.45, 7) is 6.80. The molecule has 2 fully saturated rings. The van der Waals surface area contributed by atoms with E-state index in [4.69, 9.17) is 4.74 Å². The van der Waals surface area contributed by atoms with Crippen molar-refractivity contribution in [2.24, 2.45) is 0 Å². The van der Waals surface area contributed by atoms with Crippen LogP contribution in [0.2, 0.25) is 0 Å². The van der Waals surface area contributed by atoms with Crippen LogP contribution in [0, 0.1) is 0 Å². The lowest BCUT2D eigenvalue weighted by atomic mass is 9.94. The molecule has 0 radical (unpaired) electrons. The summed E-state index contributed by atoms with van der Waals surface area (Å²) in [4.78, 5) is 41.9. The number of benzene rings is 1. The highest BCUT2D eigenvalue weighted by Gasteiger charge is 2.29. The Bertz CT molecular complexity index is 1280. The molecule has 10 nitrogen and oxygen atoms in total. The number of fused-ring (bicyclic) bond motifs is 1. The Morgan fingerprint density at radius 1 is 1.12 bits per heavy atom. The number of H-pyrrole nitrogens is 2. The molecule has 0 unspecified atom stereocenters. The molecular formula is C24H30N6O4. The first-order valence-electron chi connectivity index (χ1n) is 11.8. The van der Waals surface area contributed by atoms with Crippen molar-refractivity contribution in [3.05, 3.63) is 46.0 Å². The summed E-state index contributed by atoms with van der Waals surface area (Å²) < 4.78 is 7.22. The number of anilines is 1. The molecule has 10 heteroatoms. The minimum Gasteiger partial charge on any atom is -0.444 e. The lowest BCUT2D eigenvalue weighted by Gasteiger charge is -2.33. The van der Waals surface area contributed by atoms with Gasteiger partial charge in [0.2, 0.25) is 0 Å². The molecule has 2 aromatic heterocycles. The van der Waals surface area contributed by atoms with E-state index in [2.05, 4.69) is 20.5 Å². The third-order valence-electron chi connectivity index (χ3n) is 6.32. The van der Waals surface area contributed by atoms with Gasteiger partial charge in [0.05, 0.1) is 11.0 Å². The predicted octanol–water partition coefficient (Wildman–Crippen LogP) is 3.75. The fraction of sp³-hybridized carbons (Fsp3) is 0.500. The van der Waals surface area contributed by atoms with Gasteiger partial charge in [-0.15, -0.1) is 0 Å². The van der Waals surface area contributed by atoms with Gasteiger partial charge in [-0.3, -0.25) is 14.5 Å². The number of hydrogen-bond donors (Lipinski definition) is 3.